The van der Waals surface area contributed by atoms with Crippen molar-refractivity contribution in [3.8, 4) is 0 Å². The van der Waals surface area contributed by atoms with Crippen LogP contribution in [0.3, 0.4) is 0 Å². The number of alkyl halides is 3. The van der Waals surface area contributed by atoms with E-state index in [2.05, 4.69) is 5.32 Å². The van der Waals surface area contributed by atoms with Crippen molar-refractivity contribution in [2.24, 2.45) is 5.73 Å². The number of primary amides is 1. The summed E-state index contributed by atoms with van der Waals surface area (Å²) in [6, 6.07) is 4.65. The van der Waals surface area contributed by atoms with Gasteiger partial charge in [0.1, 0.15) is 5.54 Å². The minimum Gasteiger partial charge on any atom is -0.368 e. The lowest BCUT2D eigenvalue weighted by molar-refractivity contribution is -0.138. The van der Waals surface area contributed by atoms with Gasteiger partial charge in [-0.2, -0.15) is 13.2 Å². The molecule has 0 bridgehead atoms. The highest BCUT2D eigenvalue weighted by atomic mass is 19.4. The molecule has 0 spiro atoms. The van der Waals surface area contributed by atoms with Gasteiger partial charge in [-0.3, -0.25) is 10.1 Å². The van der Waals surface area contributed by atoms with Crippen LogP contribution in [0, 0.1) is 0 Å². The van der Waals surface area contributed by atoms with E-state index in [1.54, 1.807) is 0 Å². The first kappa shape index (κ1) is 17.5. The number of hydrogen-bond donors (Lipinski definition) is 2. The highest BCUT2D eigenvalue weighted by molar-refractivity contribution is 5.85. The standard InChI is InChI=1S/C14H20F3N3O/c1-13(12(18)21,19-7-8-20(2)3)10-5-4-6-11(9-10)14(15,16)17/h4-6,9,19H,7-8H2,1-3H3,(H2,18,21). The molecule has 0 aliphatic carbocycles. The Labute approximate surface area is 122 Å². The largest absolute Gasteiger partial charge is 0.416 e. The number of nitrogens with one attached hydrogen (secondary N) is 1. The van der Waals surface area contributed by atoms with Crippen LogP contribution in [-0.2, 0) is 16.5 Å². The van der Waals surface area contributed by atoms with Crippen molar-refractivity contribution in [3.63, 3.8) is 0 Å². The number of nitrogens with zero attached hydrogens (tertiary/aromatic N) is 1. The van der Waals surface area contributed by atoms with Crippen molar-refractivity contribution in [1.29, 1.82) is 0 Å². The van der Waals surface area contributed by atoms with Gasteiger partial charge in [0, 0.05) is 13.1 Å². The van der Waals surface area contributed by atoms with Crippen molar-refractivity contribution in [1.82, 2.24) is 10.2 Å². The van der Waals surface area contributed by atoms with Crippen LogP contribution in [0.5, 0.6) is 0 Å². The molecule has 3 N–H and O–H groups in total. The summed E-state index contributed by atoms with van der Waals surface area (Å²) in [6.07, 6.45) is -4.46. The first-order valence-corrected chi connectivity index (χ1v) is 6.45. The Balaban J connectivity index is 3.08. The quantitative estimate of drug-likeness (QED) is 0.838. The van der Waals surface area contributed by atoms with Gasteiger partial charge in [0.15, 0.2) is 0 Å². The minimum atomic E-state index is -4.46. The maximum absolute atomic E-state index is 12.8. The highest BCUT2D eigenvalue weighted by Crippen LogP contribution is 2.32. The summed E-state index contributed by atoms with van der Waals surface area (Å²) >= 11 is 0. The molecule has 1 amide bonds. The minimum absolute atomic E-state index is 0.198. The first-order chi connectivity index (χ1) is 9.57. The lowest BCUT2D eigenvalue weighted by atomic mass is 9.90. The molecule has 0 aliphatic heterocycles. The lowest BCUT2D eigenvalue weighted by Crippen LogP contribution is -2.52. The summed E-state index contributed by atoms with van der Waals surface area (Å²) in [7, 11) is 3.71. The van der Waals surface area contributed by atoms with Crippen molar-refractivity contribution in [2.45, 2.75) is 18.6 Å². The number of benzene rings is 1. The number of likely N-dealkylation sites (N-methyl/N-ethyl adjacent to an activating group) is 1. The van der Waals surface area contributed by atoms with E-state index in [1.807, 2.05) is 19.0 Å². The van der Waals surface area contributed by atoms with E-state index >= 15 is 0 Å². The summed E-state index contributed by atoms with van der Waals surface area (Å²) in [6.45, 7) is 2.53. The molecule has 0 aliphatic rings. The molecule has 1 unspecified atom stereocenters. The third kappa shape index (κ3) is 4.44. The Morgan fingerprint density at radius 1 is 1.29 bits per heavy atom. The second-order valence-corrected chi connectivity index (χ2v) is 5.30. The third-order valence-corrected chi connectivity index (χ3v) is 3.30. The van der Waals surface area contributed by atoms with E-state index in [4.69, 9.17) is 5.73 Å². The molecule has 21 heavy (non-hydrogen) atoms. The van der Waals surface area contributed by atoms with E-state index in [-0.39, 0.29) is 5.56 Å². The van der Waals surface area contributed by atoms with Crippen LogP contribution >= 0.6 is 0 Å². The smallest absolute Gasteiger partial charge is 0.368 e. The number of carbonyl (C=O) groups excluding carboxylic acids is 1. The van der Waals surface area contributed by atoms with Crippen LogP contribution in [0.15, 0.2) is 24.3 Å². The van der Waals surface area contributed by atoms with Crippen LogP contribution in [0.1, 0.15) is 18.1 Å². The van der Waals surface area contributed by atoms with Crippen molar-refractivity contribution in [2.75, 3.05) is 27.2 Å². The molecule has 7 heteroatoms. The average Bonchev–Trinajstić information content (AvgIpc) is 2.37. The molecule has 0 aromatic heterocycles. The summed E-state index contributed by atoms with van der Waals surface area (Å²) in [5, 5.41) is 2.94. The highest BCUT2D eigenvalue weighted by Gasteiger charge is 2.36. The van der Waals surface area contributed by atoms with Gasteiger partial charge in [-0.1, -0.05) is 12.1 Å². The zero-order chi connectivity index (χ0) is 16.3. The molecular formula is C14H20F3N3O. The molecule has 0 saturated carbocycles. The fourth-order valence-electron chi connectivity index (χ4n) is 1.87. The SMILES string of the molecule is CN(C)CCNC(C)(C(N)=O)c1cccc(C(F)(F)F)c1. The zero-order valence-electron chi connectivity index (χ0n) is 12.3. The van der Waals surface area contributed by atoms with Crippen LogP contribution in [-0.4, -0.2) is 38.0 Å². The second-order valence-electron chi connectivity index (χ2n) is 5.30. The fraction of sp³-hybridized carbons (Fsp3) is 0.500. The number of nitrogens with two attached hydrogens (primary N) is 1. The molecule has 0 heterocycles. The molecular weight excluding hydrogens is 283 g/mol. The van der Waals surface area contributed by atoms with Gasteiger partial charge in [-0.15, -0.1) is 0 Å². The normalized spacial score (nSPS) is 15.0. The summed E-state index contributed by atoms with van der Waals surface area (Å²) in [5.41, 5.74) is 3.43. The third-order valence-electron chi connectivity index (χ3n) is 3.30. The summed E-state index contributed by atoms with van der Waals surface area (Å²) < 4.78 is 38.3. The monoisotopic (exact) mass is 303 g/mol. The Bertz CT molecular complexity index is 502. The van der Waals surface area contributed by atoms with E-state index in [9.17, 15) is 18.0 Å². The number of halogens is 3. The van der Waals surface area contributed by atoms with Gasteiger partial charge < -0.3 is 10.6 Å². The number of rotatable bonds is 6. The first-order valence-electron chi connectivity index (χ1n) is 6.45. The summed E-state index contributed by atoms with van der Waals surface area (Å²) in [5.74, 6) is -0.722. The van der Waals surface area contributed by atoms with Gasteiger partial charge in [0.2, 0.25) is 5.91 Å². The Morgan fingerprint density at radius 3 is 2.33 bits per heavy atom. The van der Waals surface area contributed by atoms with Crippen LogP contribution in [0.4, 0.5) is 13.2 Å². The Morgan fingerprint density at radius 2 is 1.86 bits per heavy atom. The Hall–Kier alpha value is -1.60. The van der Waals surface area contributed by atoms with E-state index < -0.39 is 23.2 Å². The molecule has 1 atom stereocenters. The van der Waals surface area contributed by atoms with Crippen LogP contribution in [0.25, 0.3) is 0 Å². The van der Waals surface area contributed by atoms with Crippen LogP contribution < -0.4 is 11.1 Å². The maximum atomic E-state index is 12.8. The van der Waals surface area contributed by atoms with E-state index in [0.717, 1.165) is 12.1 Å². The molecule has 0 fully saturated rings. The zero-order valence-corrected chi connectivity index (χ0v) is 12.3. The molecule has 4 nitrogen and oxygen atoms in total. The van der Waals surface area contributed by atoms with E-state index in [0.29, 0.717) is 13.1 Å². The van der Waals surface area contributed by atoms with Crippen LogP contribution in [0.2, 0.25) is 0 Å². The molecule has 118 valence electrons. The van der Waals surface area contributed by atoms with Gasteiger partial charge in [-0.05, 0) is 38.7 Å². The van der Waals surface area contributed by atoms with Gasteiger partial charge >= 0.3 is 6.18 Å². The van der Waals surface area contributed by atoms with Crippen molar-refractivity contribution in [3.05, 3.63) is 35.4 Å². The number of carbonyl (C=O) groups is 1. The van der Waals surface area contributed by atoms with Crippen molar-refractivity contribution < 1.29 is 18.0 Å². The molecule has 1 aromatic rings. The molecule has 0 saturated heterocycles. The fourth-order valence-corrected chi connectivity index (χ4v) is 1.87. The lowest BCUT2D eigenvalue weighted by Gasteiger charge is -2.29. The second kappa shape index (κ2) is 6.44. The van der Waals surface area contributed by atoms with Crippen molar-refractivity contribution >= 4 is 5.91 Å². The predicted octanol–water partition coefficient (Wildman–Crippen LogP) is 1.56. The van der Waals surface area contributed by atoms with E-state index in [1.165, 1.54) is 19.1 Å². The van der Waals surface area contributed by atoms with Gasteiger partial charge in [0.25, 0.3) is 0 Å². The predicted molar refractivity (Wildman–Crippen MR) is 74.5 cm³/mol. The summed E-state index contributed by atoms with van der Waals surface area (Å²) in [4.78, 5) is 13.6. The molecule has 0 radical (unpaired) electrons. The molecule has 1 rings (SSSR count). The topological polar surface area (TPSA) is 58.4 Å². The Kier molecular flexibility index (Phi) is 5.36. The average molecular weight is 303 g/mol. The number of hydrogen-bond acceptors (Lipinski definition) is 3. The number of amides is 1. The van der Waals surface area contributed by atoms with Gasteiger partial charge in [-0.25, -0.2) is 0 Å². The van der Waals surface area contributed by atoms with Gasteiger partial charge in [0.05, 0.1) is 5.56 Å². The maximum Gasteiger partial charge on any atom is 0.416 e. The molecule has 1 aromatic carbocycles.